The van der Waals surface area contributed by atoms with Crippen molar-refractivity contribution < 1.29 is 4.52 Å². The van der Waals surface area contributed by atoms with Gasteiger partial charge in [-0.15, -0.1) is 24.0 Å². The minimum Gasteiger partial charge on any atom is -0.356 e. The van der Waals surface area contributed by atoms with E-state index in [-0.39, 0.29) is 29.5 Å². The molecule has 0 unspecified atom stereocenters. The summed E-state index contributed by atoms with van der Waals surface area (Å²) in [5.74, 6) is 1.51. The highest BCUT2D eigenvalue weighted by molar-refractivity contribution is 14.0. The molecule has 1 aromatic heterocycles. The van der Waals surface area contributed by atoms with Gasteiger partial charge >= 0.3 is 0 Å². The predicted molar refractivity (Wildman–Crippen MR) is 100 cm³/mol. The largest absolute Gasteiger partial charge is 0.356 e. The highest BCUT2D eigenvalue weighted by atomic mass is 127. The van der Waals surface area contributed by atoms with Gasteiger partial charge in [-0.1, -0.05) is 35.5 Å². The van der Waals surface area contributed by atoms with Gasteiger partial charge in [0.15, 0.2) is 11.7 Å². The smallest absolute Gasteiger partial charge is 0.191 e. The van der Waals surface area contributed by atoms with Gasteiger partial charge in [0, 0.05) is 24.2 Å². The summed E-state index contributed by atoms with van der Waals surface area (Å²) in [6.07, 6.45) is 0. The van der Waals surface area contributed by atoms with E-state index in [1.807, 2.05) is 36.4 Å². The van der Waals surface area contributed by atoms with Crippen molar-refractivity contribution in [1.82, 2.24) is 15.8 Å². The lowest BCUT2D eigenvalue weighted by molar-refractivity contribution is 0.422. The number of rotatable bonds is 3. The zero-order valence-electron chi connectivity index (χ0n) is 13.4. The first-order valence-electron chi connectivity index (χ1n) is 6.98. The lowest BCUT2D eigenvalue weighted by Crippen LogP contribution is -2.47. The number of nitrogens with zero attached hydrogens (tertiary/aromatic N) is 2. The second-order valence-electron chi connectivity index (χ2n) is 5.85. The molecule has 0 fully saturated rings. The Morgan fingerprint density at radius 2 is 1.91 bits per heavy atom. The number of benzene rings is 1. The number of aromatic nitrogens is 1. The van der Waals surface area contributed by atoms with Gasteiger partial charge in [0.05, 0.1) is 6.54 Å². The molecule has 0 atom stereocenters. The Kier molecular flexibility index (Phi) is 6.86. The van der Waals surface area contributed by atoms with Gasteiger partial charge in [-0.05, 0) is 20.8 Å². The molecule has 0 radical (unpaired) electrons. The maximum Gasteiger partial charge on any atom is 0.191 e. The minimum absolute atomic E-state index is 0. The molecule has 0 aliphatic carbocycles. The summed E-state index contributed by atoms with van der Waals surface area (Å²) in [7, 11) is 1.75. The number of aliphatic imine (C=N–C) groups is 1. The van der Waals surface area contributed by atoms with Gasteiger partial charge in [-0.2, -0.15) is 0 Å². The molecule has 0 spiro atoms. The molecule has 22 heavy (non-hydrogen) atoms. The van der Waals surface area contributed by atoms with Crippen molar-refractivity contribution in [3.05, 3.63) is 42.1 Å². The monoisotopic (exact) mass is 414 g/mol. The van der Waals surface area contributed by atoms with Crippen molar-refractivity contribution in [3.63, 3.8) is 0 Å². The fourth-order valence-corrected chi connectivity index (χ4v) is 1.84. The Bertz CT molecular complexity index is 602. The first kappa shape index (κ1) is 18.5. The summed E-state index contributed by atoms with van der Waals surface area (Å²) in [5, 5.41) is 10.6. The second-order valence-corrected chi connectivity index (χ2v) is 5.85. The van der Waals surface area contributed by atoms with Crippen LogP contribution in [0.5, 0.6) is 0 Å². The maximum atomic E-state index is 5.37. The number of hydrogen-bond donors (Lipinski definition) is 2. The van der Waals surface area contributed by atoms with Crippen LogP contribution in [0, 0.1) is 0 Å². The van der Waals surface area contributed by atoms with E-state index in [9.17, 15) is 0 Å². The van der Waals surface area contributed by atoms with Crippen molar-refractivity contribution in [3.8, 4) is 11.3 Å². The molecular formula is C16H23IN4O. The Morgan fingerprint density at radius 1 is 1.23 bits per heavy atom. The minimum atomic E-state index is -0.0408. The van der Waals surface area contributed by atoms with Gasteiger partial charge in [0.2, 0.25) is 0 Å². The molecule has 0 bridgehead atoms. The van der Waals surface area contributed by atoms with E-state index in [1.54, 1.807) is 7.05 Å². The zero-order chi connectivity index (χ0) is 15.3. The first-order chi connectivity index (χ1) is 9.98. The average Bonchev–Trinajstić information content (AvgIpc) is 2.92. The Labute approximate surface area is 148 Å². The molecule has 0 amide bonds. The normalized spacial score (nSPS) is 11.7. The van der Waals surface area contributed by atoms with Crippen LogP contribution >= 0.6 is 24.0 Å². The molecule has 0 aliphatic rings. The molecule has 2 N–H and O–H groups in total. The third-order valence-corrected chi connectivity index (χ3v) is 2.77. The van der Waals surface area contributed by atoms with Gasteiger partial charge in [-0.25, -0.2) is 0 Å². The summed E-state index contributed by atoms with van der Waals surface area (Å²) >= 11 is 0. The van der Waals surface area contributed by atoms with Gasteiger partial charge in [0.25, 0.3) is 0 Å². The number of halogens is 1. The van der Waals surface area contributed by atoms with Crippen LogP contribution in [0.3, 0.4) is 0 Å². The van der Waals surface area contributed by atoms with Crippen molar-refractivity contribution >= 4 is 29.9 Å². The van der Waals surface area contributed by atoms with E-state index < -0.39 is 0 Å². The standard InChI is InChI=1S/C16H22N4O.HI/c1-16(2,3)19-15(17-4)18-11-13-10-14(21-20-13)12-8-6-5-7-9-12;/h5-10H,11H2,1-4H3,(H2,17,18,19);1H. The SMILES string of the molecule is CN=C(NCc1cc(-c2ccccc2)on1)NC(C)(C)C.I. The Hall–Kier alpha value is -1.57. The quantitative estimate of drug-likeness (QED) is 0.459. The predicted octanol–water partition coefficient (Wildman–Crippen LogP) is 3.42. The third-order valence-electron chi connectivity index (χ3n) is 2.77. The van der Waals surface area contributed by atoms with Crippen molar-refractivity contribution in [2.45, 2.75) is 32.9 Å². The molecule has 0 saturated carbocycles. The molecule has 2 aromatic rings. The van der Waals surface area contributed by atoms with Crippen LogP contribution < -0.4 is 10.6 Å². The van der Waals surface area contributed by atoms with Crippen LogP contribution in [0.15, 0.2) is 45.9 Å². The van der Waals surface area contributed by atoms with E-state index in [1.165, 1.54) is 0 Å². The highest BCUT2D eigenvalue weighted by Gasteiger charge is 2.12. The van der Waals surface area contributed by atoms with Gasteiger partial charge in [-0.3, -0.25) is 4.99 Å². The summed E-state index contributed by atoms with van der Waals surface area (Å²) in [6, 6.07) is 11.9. The van der Waals surface area contributed by atoms with E-state index in [0.29, 0.717) is 6.54 Å². The van der Waals surface area contributed by atoms with E-state index >= 15 is 0 Å². The summed E-state index contributed by atoms with van der Waals surface area (Å²) < 4.78 is 5.37. The molecule has 0 aliphatic heterocycles. The summed E-state index contributed by atoms with van der Waals surface area (Å²) in [5.41, 5.74) is 1.82. The van der Waals surface area contributed by atoms with Crippen LogP contribution in [0.2, 0.25) is 0 Å². The number of nitrogens with one attached hydrogen (secondary N) is 2. The summed E-state index contributed by atoms with van der Waals surface area (Å²) in [6.45, 7) is 6.82. The van der Waals surface area contributed by atoms with Crippen molar-refractivity contribution in [2.24, 2.45) is 4.99 Å². The maximum absolute atomic E-state index is 5.37. The molecule has 0 saturated heterocycles. The number of guanidine groups is 1. The molecule has 2 rings (SSSR count). The van der Waals surface area contributed by atoms with Crippen LogP contribution in [-0.2, 0) is 6.54 Å². The number of hydrogen-bond acceptors (Lipinski definition) is 3. The van der Waals surface area contributed by atoms with Crippen molar-refractivity contribution in [1.29, 1.82) is 0 Å². The first-order valence-corrected chi connectivity index (χ1v) is 6.98. The van der Waals surface area contributed by atoms with Crippen LogP contribution in [-0.4, -0.2) is 23.7 Å². The van der Waals surface area contributed by atoms with Crippen LogP contribution in [0.25, 0.3) is 11.3 Å². The second kappa shape index (κ2) is 8.17. The molecule has 1 heterocycles. The molecular weight excluding hydrogens is 391 g/mol. The summed E-state index contributed by atoms with van der Waals surface area (Å²) in [4.78, 5) is 4.19. The molecule has 1 aromatic carbocycles. The fourth-order valence-electron chi connectivity index (χ4n) is 1.84. The Balaban J connectivity index is 0.00000242. The Morgan fingerprint density at radius 3 is 2.50 bits per heavy atom. The van der Waals surface area contributed by atoms with Gasteiger partial charge in [0.1, 0.15) is 5.69 Å². The topological polar surface area (TPSA) is 62.5 Å². The average molecular weight is 414 g/mol. The molecule has 5 nitrogen and oxygen atoms in total. The van der Waals surface area contributed by atoms with Gasteiger partial charge < -0.3 is 15.2 Å². The van der Waals surface area contributed by atoms with Crippen LogP contribution in [0.4, 0.5) is 0 Å². The third kappa shape index (κ3) is 5.67. The lowest BCUT2D eigenvalue weighted by atomic mass is 10.1. The fraction of sp³-hybridized carbons (Fsp3) is 0.375. The highest BCUT2D eigenvalue weighted by Crippen LogP contribution is 2.19. The lowest BCUT2D eigenvalue weighted by Gasteiger charge is -2.23. The van der Waals surface area contributed by atoms with Crippen LogP contribution in [0.1, 0.15) is 26.5 Å². The zero-order valence-corrected chi connectivity index (χ0v) is 15.7. The van der Waals surface area contributed by atoms with E-state index in [0.717, 1.165) is 23.0 Å². The van der Waals surface area contributed by atoms with E-state index in [2.05, 4.69) is 41.6 Å². The van der Waals surface area contributed by atoms with Crippen molar-refractivity contribution in [2.75, 3.05) is 7.05 Å². The molecule has 120 valence electrons. The van der Waals surface area contributed by atoms with E-state index in [4.69, 9.17) is 4.52 Å². The molecule has 6 heteroatoms.